The molecule has 0 atom stereocenters. The Balaban J connectivity index is 2.29. The highest BCUT2D eigenvalue weighted by Crippen LogP contribution is 2.34. The van der Waals surface area contributed by atoms with E-state index in [1.807, 2.05) is 0 Å². The fraction of sp³-hybridized carbons (Fsp3) is 0.118. The standard InChI is InChI=1S/C17H14ClNO4S/c1-12(20)23-11-16-17(18)14-9-5-6-10-15(14)19(16)24(21,22)13-7-3-2-4-8-13/h2-10H,11H2,1H3. The molecule has 24 heavy (non-hydrogen) atoms. The largest absolute Gasteiger partial charge is 0.459 e. The van der Waals surface area contributed by atoms with Crippen molar-refractivity contribution in [1.29, 1.82) is 0 Å². The van der Waals surface area contributed by atoms with Crippen LogP contribution in [0.2, 0.25) is 5.02 Å². The smallest absolute Gasteiger partial charge is 0.303 e. The Labute approximate surface area is 144 Å². The lowest BCUT2D eigenvalue weighted by molar-refractivity contribution is -0.142. The van der Waals surface area contributed by atoms with Gasteiger partial charge in [-0.15, -0.1) is 0 Å². The quantitative estimate of drug-likeness (QED) is 0.664. The van der Waals surface area contributed by atoms with Gasteiger partial charge >= 0.3 is 5.97 Å². The van der Waals surface area contributed by atoms with Crippen LogP contribution in [0.1, 0.15) is 12.6 Å². The Morgan fingerprint density at radius 3 is 2.38 bits per heavy atom. The van der Waals surface area contributed by atoms with Crippen molar-refractivity contribution < 1.29 is 17.9 Å². The molecule has 0 aliphatic carbocycles. The molecule has 0 N–H and O–H groups in total. The van der Waals surface area contributed by atoms with Gasteiger partial charge in [-0.1, -0.05) is 48.0 Å². The van der Waals surface area contributed by atoms with E-state index in [0.29, 0.717) is 10.9 Å². The van der Waals surface area contributed by atoms with Crippen LogP contribution in [-0.4, -0.2) is 18.4 Å². The van der Waals surface area contributed by atoms with Gasteiger partial charge in [-0.3, -0.25) is 4.79 Å². The first-order chi connectivity index (χ1) is 11.4. The zero-order valence-corrected chi connectivity index (χ0v) is 14.3. The summed E-state index contributed by atoms with van der Waals surface area (Å²) in [5.41, 5.74) is 0.658. The van der Waals surface area contributed by atoms with Crippen LogP contribution >= 0.6 is 11.6 Å². The number of nitrogens with zero attached hydrogens (tertiary/aromatic N) is 1. The maximum atomic E-state index is 13.1. The maximum absolute atomic E-state index is 13.1. The topological polar surface area (TPSA) is 65.4 Å². The number of halogens is 1. The summed E-state index contributed by atoms with van der Waals surface area (Å²) in [6.07, 6.45) is 0. The molecule has 0 amide bonds. The molecule has 0 spiro atoms. The van der Waals surface area contributed by atoms with Gasteiger partial charge < -0.3 is 4.74 Å². The fourth-order valence-electron chi connectivity index (χ4n) is 2.49. The minimum Gasteiger partial charge on any atom is -0.459 e. The molecule has 0 fully saturated rings. The summed E-state index contributed by atoms with van der Waals surface area (Å²) in [7, 11) is -3.88. The first-order valence-electron chi connectivity index (χ1n) is 7.14. The van der Waals surface area contributed by atoms with Gasteiger partial charge in [0.1, 0.15) is 6.61 Å². The third-order valence-corrected chi connectivity index (χ3v) is 5.74. The minimum absolute atomic E-state index is 0.131. The second kappa shape index (κ2) is 6.30. The Morgan fingerprint density at radius 2 is 1.71 bits per heavy atom. The van der Waals surface area contributed by atoms with Gasteiger partial charge in [0.05, 0.1) is 21.1 Å². The number of fused-ring (bicyclic) bond motifs is 1. The highest BCUT2D eigenvalue weighted by molar-refractivity contribution is 7.90. The summed E-state index contributed by atoms with van der Waals surface area (Å²) in [6.45, 7) is 1.03. The number of carbonyl (C=O) groups is 1. The number of benzene rings is 2. The number of hydrogen-bond acceptors (Lipinski definition) is 4. The van der Waals surface area contributed by atoms with Crippen molar-refractivity contribution in [2.45, 2.75) is 18.4 Å². The molecule has 0 aliphatic rings. The Hall–Kier alpha value is -2.31. The van der Waals surface area contributed by atoms with Crippen molar-refractivity contribution in [2.75, 3.05) is 0 Å². The molecule has 124 valence electrons. The van der Waals surface area contributed by atoms with Crippen LogP contribution in [0.3, 0.4) is 0 Å². The third-order valence-electron chi connectivity index (χ3n) is 3.55. The molecular weight excluding hydrogens is 350 g/mol. The maximum Gasteiger partial charge on any atom is 0.303 e. The molecule has 5 nitrogen and oxygen atoms in total. The molecule has 0 radical (unpaired) electrons. The van der Waals surface area contributed by atoms with Crippen LogP contribution in [0.4, 0.5) is 0 Å². The van der Waals surface area contributed by atoms with Crippen LogP contribution < -0.4 is 0 Å². The Kier molecular flexibility index (Phi) is 4.34. The number of esters is 1. The highest BCUT2D eigenvalue weighted by atomic mass is 35.5. The third kappa shape index (κ3) is 2.79. The van der Waals surface area contributed by atoms with Crippen LogP contribution in [0.5, 0.6) is 0 Å². The van der Waals surface area contributed by atoms with E-state index in [4.69, 9.17) is 16.3 Å². The van der Waals surface area contributed by atoms with Gasteiger partial charge in [0.15, 0.2) is 0 Å². The van der Waals surface area contributed by atoms with E-state index < -0.39 is 16.0 Å². The number of hydrogen-bond donors (Lipinski definition) is 0. The van der Waals surface area contributed by atoms with Gasteiger partial charge in [-0.25, -0.2) is 12.4 Å². The SMILES string of the molecule is CC(=O)OCc1c(Cl)c2ccccc2n1S(=O)(=O)c1ccccc1. The zero-order valence-electron chi connectivity index (χ0n) is 12.8. The van der Waals surface area contributed by atoms with Crippen LogP contribution in [0, 0.1) is 0 Å². The summed E-state index contributed by atoms with van der Waals surface area (Å²) in [5.74, 6) is -0.514. The van der Waals surface area contributed by atoms with Crippen molar-refractivity contribution in [3.05, 3.63) is 65.3 Å². The highest BCUT2D eigenvalue weighted by Gasteiger charge is 2.26. The lowest BCUT2D eigenvalue weighted by atomic mass is 10.2. The van der Waals surface area contributed by atoms with Gasteiger partial charge in [0, 0.05) is 12.3 Å². The van der Waals surface area contributed by atoms with Crippen molar-refractivity contribution in [3.63, 3.8) is 0 Å². The van der Waals surface area contributed by atoms with E-state index in [2.05, 4.69) is 0 Å². The minimum atomic E-state index is -3.88. The summed E-state index contributed by atoms with van der Waals surface area (Å²) in [5, 5.41) is 0.840. The average Bonchev–Trinajstić information content (AvgIpc) is 2.87. The molecule has 7 heteroatoms. The molecule has 3 aromatic rings. The molecular formula is C17H14ClNO4S. The van der Waals surface area contributed by atoms with Crippen molar-refractivity contribution in [1.82, 2.24) is 3.97 Å². The van der Waals surface area contributed by atoms with Gasteiger partial charge in [-0.05, 0) is 18.2 Å². The van der Waals surface area contributed by atoms with E-state index in [-0.39, 0.29) is 22.2 Å². The number of para-hydroxylation sites is 1. The zero-order chi connectivity index (χ0) is 17.3. The van der Waals surface area contributed by atoms with E-state index in [1.54, 1.807) is 42.5 Å². The molecule has 0 saturated heterocycles. The monoisotopic (exact) mass is 363 g/mol. The normalized spacial score (nSPS) is 11.6. The number of carbonyl (C=O) groups excluding carboxylic acids is 1. The molecule has 0 unspecified atom stereocenters. The second-order valence-electron chi connectivity index (χ2n) is 5.14. The predicted molar refractivity (Wildman–Crippen MR) is 91.4 cm³/mol. The van der Waals surface area contributed by atoms with Crippen molar-refractivity contribution >= 4 is 38.5 Å². The number of aromatic nitrogens is 1. The van der Waals surface area contributed by atoms with Crippen molar-refractivity contribution in [3.8, 4) is 0 Å². The van der Waals surface area contributed by atoms with E-state index in [1.165, 1.54) is 19.1 Å². The van der Waals surface area contributed by atoms with E-state index >= 15 is 0 Å². The average molecular weight is 364 g/mol. The Bertz CT molecular complexity index is 1010. The number of rotatable bonds is 4. The van der Waals surface area contributed by atoms with E-state index in [9.17, 15) is 13.2 Å². The van der Waals surface area contributed by atoms with Gasteiger partial charge in [0.25, 0.3) is 10.0 Å². The molecule has 1 heterocycles. The predicted octanol–water partition coefficient (Wildman–Crippen LogP) is 3.59. The van der Waals surface area contributed by atoms with Crippen LogP contribution in [-0.2, 0) is 26.2 Å². The summed E-state index contributed by atoms with van der Waals surface area (Å²) in [4.78, 5) is 11.3. The summed E-state index contributed by atoms with van der Waals surface area (Å²) < 4.78 is 32.3. The first-order valence-corrected chi connectivity index (χ1v) is 8.96. The van der Waals surface area contributed by atoms with Crippen LogP contribution in [0.25, 0.3) is 10.9 Å². The second-order valence-corrected chi connectivity index (χ2v) is 7.31. The molecule has 3 rings (SSSR count). The van der Waals surface area contributed by atoms with Crippen LogP contribution in [0.15, 0.2) is 59.5 Å². The molecule has 0 bridgehead atoms. The number of ether oxygens (including phenoxy) is 1. The lowest BCUT2D eigenvalue weighted by Crippen LogP contribution is -2.17. The van der Waals surface area contributed by atoms with E-state index in [0.717, 1.165) is 3.97 Å². The summed E-state index contributed by atoms with van der Waals surface area (Å²) >= 11 is 6.36. The van der Waals surface area contributed by atoms with Gasteiger partial charge in [0.2, 0.25) is 0 Å². The Morgan fingerprint density at radius 1 is 1.08 bits per heavy atom. The molecule has 2 aromatic carbocycles. The lowest BCUT2D eigenvalue weighted by Gasteiger charge is -2.12. The molecule has 1 aromatic heterocycles. The van der Waals surface area contributed by atoms with Gasteiger partial charge in [-0.2, -0.15) is 0 Å². The fourth-order valence-corrected chi connectivity index (χ4v) is 4.40. The van der Waals surface area contributed by atoms with Crippen molar-refractivity contribution in [2.24, 2.45) is 0 Å². The molecule has 0 saturated carbocycles. The molecule has 0 aliphatic heterocycles. The summed E-state index contributed by atoms with van der Waals surface area (Å²) in [6, 6.07) is 14.9. The first kappa shape index (κ1) is 16.5.